The van der Waals surface area contributed by atoms with Crippen molar-refractivity contribution in [3.63, 3.8) is 0 Å². The molecule has 0 saturated heterocycles. The molecular weight excluding hydrogens is 224 g/mol. The summed E-state index contributed by atoms with van der Waals surface area (Å²) in [4.78, 5) is 26.6. The molecule has 0 N–H and O–H groups in total. The minimum atomic E-state index is -0.288. The number of aromatic nitrogens is 4. The van der Waals surface area contributed by atoms with Gasteiger partial charge in [0.05, 0.1) is 13.3 Å². The average molecular weight is 236 g/mol. The summed E-state index contributed by atoms with van der Waals surface area (Å²) < 4.78 is 7.24. The first-order valence-corrected chi connectivity index (χ1v) is 5.18. The van der Waals surface area contributed by atoms with Crippen LogP contribution in [0.4, 0.5) is 0 Å². The van der Waals surface area contributed by atoms with E-state index in [1.807, 2.05) is 0 Å². The number of aryl methyl sites for hydroxylation is 1. The molecule has 7 nitrogen and oxygen atoms in total. The van der Waals surface area contributed by atoms with E-state index in [9.17, 15) is 9.59 Å². The number of rotatable bonds is 4. The van der Waals surface area contributed by atoms with E-state index in [-0.39, 0.29) is 18.1 Å². The average Bonchev–Trinajstić information content (AvgIpc) is 2.67. The molecule has 0 saturated carbocycles. The Labute approximate surface area is 96.6 Å². The number of methoxy groups -OCH3 is 1. The van der Waals surface area contributed by atoms with Crippen LogP contribution >= 0.6 is 0 Å². The van der Waals surface area contributed by atoms with E-state index in [2.05, 4.69) is 14.8 Å². The lowest BCUT2D eigenvalue weighted by Crippen LogP contribution is -2.21. The van der Waals surface area contributed by atoms with Crippen molar-refractivity contribution in [3.05, 3.63) is 29.1 Å². The van der Waals surface area contributed by atoms with Crippen LogP contribution in [0.1, 0.15) is 12.8 Å². The Kier molecular flexibility index (Phi) is 3.17. The van der Waals surface area contributed by atoms with E-state index in [4.69, 9.17) is 0 Å². The van der Waals surface area contributed by atoms with Gasteiger partial charge in [-0.2, -0.15) is 0 Å². The lowest BCUT2D eigenvalue weighted by atomic mass is 10.3. The standard InChI is InChI=1S/C10H12N4O3/c1-17-9(15)3-2-5-14-10(16)13-6-4-11-7-8(13)12-14/h4,6-7H,2-3,5H2,1H3. The van der Waals surface area contributed by atoms with Crippen molar-refractivity contribution >= 4 is 11.6 Å². The summed E-state index contributed by atoms with van der Waals surface area (Å²) >= 11 is 0. The van der Waals surface area contributed by atoms with Crippen LogP contribution in [0.3, 0.4) is 0 Å². The summed E-state index contributed by atoms with van der Waals surface area (Å²) in [5, 5.41) is 4.09. The number of fused-ring (bicyclic) bond motifs is 1. The quantitative estimate of drug-likeness (QED) is 0.689. The Hall–Kier alpha value is -2.18. The van der Waals surface area contributed by atoms with Crippen LogP contribution in [0.15, 0.2) is 23.4 Å². The van der Waals surface area contributed by atoms with Gasteiger partial charge in [-0.25, -0.2) is 13.9 Å². The first-order valence-electron chi connectivity index (χ1n) is 5.18. The third-order valence-corrected chi connectivity index (χ3v) is 2.37. The van der Waals surface area contributed by atoms with E-state index < -0.39 is 0 Å². The summed E-state index contributed by atoms with van der Waals surface area (Å²) in [5.74, 6) is -0.288. The second kappa shape index (κ2) is 4.77. The summed E-state index contributed by atoms with van der Waals surface area (Å²) in [5.41, 5.74) is 0.267. The monoisotopic (exact) mass is 236 g/mol. The predicted octanol–water partition coefficient (Wildman–Crippen LogP) is -0.156. The second-order valence-corrected chi connectivity index (χ2v) is 3.49. The minimum Gasteiger partial charge on any atom is -0.469 e. The Morgan fingerprint density at radius 1 is 1.53 bits per heavy atom. The summed E-state index contributed by atoms with van der Waals surface area (Å²) in [6.45, 7) is 0.385. The number of hydrogen-bond donors (Lipinski definition) is 0. The number of carbonyl (C=O) groups is 1. The van der Waals surface area contributed by atoms with Crippen LogP contribution in [0, 0.1) is 0 Å². The molecule has 2 heterocycles. The van der Waals surface area contributed by atoms with Crippen LogP contribution in [0.5, 0.6) is 0 Å². The van der Waals surface area contributed by atoms with Crippen molar-refractivity contribution < 1.29 is 9.53 Å². The van der Waals surface area contributed by atoms with Gasteiger partial charge in [0, 0.05) is 25.4 Å². The third kappa shape index (κ3) is 2.32. The molecule has 2 rings (SSSR count). The topological polar surface area (TPSA) is 78.5 Å². The maximum atomic E-state index is 11.8. The molecule has 2 aromatic heterocycles. The van der Waals surface area contributed by atoms with Gasteiger partial charge in [0.25, 0.3) is 0 Å². The largest absolute Gasteiger partial charge is 0.469 e. The van der Waals surface area contributed by atoms with Gasteiger partial charge in [-0.05, 0) is 6.42 Å². The molecule has 0 aliphatic heterocycles. The van der Waals surface area contributed by atoms with Gasteiger partial charge in [-0.15, -0.1) is 5.10 Å². The maximum absolute atomic E-state index is 11.8. The second-order valence-electron chi connectivity index (χ2n) is 3.49. The number of ether oxygens (including phenoxy) is 1. The zero-order valence-electron chi connectivity index (χ0n) is 9.37. The first-order chi connectivity index (χ1) is 8.22. The highest BCUT2D eigenvalue weighted by molar-refractivity contribution is 5.68. The number of esters is 1. The van der Waals surface area contributed by atoms with E-state index in [0.29, 0.717) is 18.6 Å². The van der Waals surface area contributed by atoms with Gasteiger partial charge in [0.1, 0.15) is 0 Å². The Balaban J connectivity index is 2.11. The smallest absolute Gasteiger partial charge is 0.350 e. The number of hydrogen-bond acceptors (Lipinski definition) is 5. The van der Waals surface area contributed by atoms with E-state index in [0.717, 1.165) is 0 Å². The lowest BCUT2D eigenvalue weighted by molar-refractivity contribution is -0.140. The number of carbonyl (C=O) groups excluding carboxylic acids is 1. The lowest BCUT2D eigenvalue weighted by Gasteiger charge is -1.98. The molecule has 0 amide bonds. The van der Waals surface area contributed by atoms with Crippen LogP contribution in [-0.4, -0.2) is 32.2 Å². The Morgan fingerprint density at radius 3 is 3.06 bits per heavy atom. The molecule has 17 heavy (non-hydrogen) atoms. The molecule has 0 aromatic carbocycles. The normalized spacial score (nSPS) is 10.6. The van der Waals surface area contributed by atoms with Gasteiger partial charge in [0.15, 0.2) is 5.65 Å². The summed E-state index contributed by atoms with van der Waals surface area (Å²) in [7, 11) is 1.34. The van der Waals surface area contributed by atoms with Crippen molar-refractivity contribution in [2.75, 3.05) is 7.11 Å². The first kappa shape index (κ1) is 11.3. The molecule has 0 bridgehead atoms. The molecule has 2 aromatic rings. The Bertz CT molecular complexity index is 586. The molecule has 7 heteroatoms. The molecule has 0 spiro atoms. The fraction of sp³-hybridized carbons (Fsp3) is 0.400. The molecule has 0 radical (unpaired) electrons. The highest BCUT2D eigenvalue weighted by Gasteiger charge is 2.07. The van der Waals surface area contributed by atoms with Crippen LogP contribution in [-0.2, 0) is 16.1 Å². The van der Waals surface area contributed by atoms with Crippen molar-refractivity contribution in [1.82, 2.24) is 19.2 Å². The van der Waals surface area contributed by atoms with Gasteiger partial charge in [-0.3, -0.25) is 9.78 Å². The van der Waals surface area contributed by atoms with Crippen LogP contribution < -0.4 is 5.69 Å². The molecule has 0 fully saturated rings. The van der Waals surface area contributed by atoms with Crippen molar-refractivity contribution in [1.29, 1.82) is 0 Å². The van der Waals surface area contributed by atoms with Crippen LogP contribution in [0.2, 0.25) is 0 Å². The van der Waals surface area contributed by atoms with E-state index in [1.54, 1.807) is 6.20 Å². The van der Waals surface area contributed by atoms with Crippen molar-refractivity contribution in [3.8, 4) is 0 Å². The predicted molar refractivity (Wildman–Crippen MR) is 58.5 cm³/mol. The SMILES string of the molecule is COC(=O)CCCn1nc2cnccn2c1=O. The molecule has 0 aliphatic rings. The van der Waals surface area contributed by atoms with Gasteiger partial charge >= 0.3 is 11.7 Å². The molecule has 0 atom stereocenters. The highest BCUT2D eigenvalue weighted by Crippen LogP contribution is 1.96. The molecule has 0 unspecified atom stereocenters. The Morgan fingerprint density at radius 2 is 2.35 bits per heavy atom. The van der Waals surface area contributed by atoms with Crippen LogP contribution in [0.25, 0.3) is 5.65 Å². The van der Waals surface area contributed by atoms with Gasteiger partial charge < -0.3 is 4.74 Å². The fourth-order valence-corrected chi connectivity index (χ4v) is 1.50. The number of nitrogens with zero attached hydrogens (tertiary/aromatic N) is 4. The fourth-order valence-electron chi connectivity index (χ4n) is 1.50. The van der Waals surface area contributed by atoms with Crippen molar-refractivity contribution in [2.45, 2.75) is 19.4 Å². The maximum Gasteiger partial charge on any atom is 0.350 e. The molecule has 0 aliphatic carbocycles. The third-order valence-electron chi connectivity index (χ3n) is 2.37. The van der Waals surface area contributed by atoms with Gasteiger partial charge in [-0.1, -0.05) is 0 Å². The van der Waals surface area contributed by atoms with Crippen molar-refractivity contribution in [2.24, 2.45) is 0 Å². The molecule has 90 valence electrons. The summed E-state index contributed by atoms with van der Waals surface area (Å²) in [6.07, 6.45) is 5.38. The minimum absolute atomic E-state index is 0.229. The van der Waals surface area contributed by atoms with Gasteiger partial charge in [0.2, 0.25) is 0 Å². The van der Waals surface area contributed by atoms with E-state index >= 15 is 0 Å². The zero-order chi connectivity index (χ0) is 12.3. The summed E-state index contributed by atoms with van der Waals surface area (Å²) in [6, 6.07) is 0. The zero-order valence-corrected chi connectivity index (χ0v) is 9.37. The molecular formula is C10H12N4O3. The highest BCUT2D eigenvalue weighted by atomic mass is 16.5. The van der Waals surface area contributed by atoms with E-state index in [1.165, 1.54) is 28.6 Å².